The summed E-state index contributed by atoms with van der Waals surface area (Å²) in [6.07, 6.45) is 11.2. The van der Waals surface area contributed by atoms with E-state index in [9.17, 15) is 19.8 Å². The number of carbonyl (C=O) groups is 2. The van der Waals surface area contributed by atoms with Gasteiger partial charge in [-0.05, 0) is 91.9 Å². The lowest BCUT2D eigenvalue weighted by atomic mass is 9.47. The molecule has 0 aromatic heterocycles. The van der Waals surface area contributed by atoms with Crippen molar-refractivity contribution in [2.45, 2.75) is 97.6 Å². The van der Waals surface area contributed by atoms with Crippen LogP contribution in [0.2, 0.25) is 0 Å². The molecular weight excluding hydrogens is 432 g/mol. The minimum atomic E-state index is -1.03. The summed E-state index contributed by atoms with van der Waals surface area (Å²) >= 11 is 0. The molecule has 4 aliphatic rings. The Labute approximate surface area is 203 Å². The van der Waals surface area contributed by atoms with Crippen molar-refractivity contribution in [2.75, 3.05) is 6.61 Å². The molecule has 0 spiro atoms. The molecule has 7 nitrogen and oxygen atoms in total. The van der Waals surface area contributed by atoms with E-state index in [1.807, 2.05) is 13.8 Å². The van der Waals surface area contributed by atoms with Crippen molar-refractivity contribution in [3.8, 4) is 0 Å². The van der Waals surface area contributed by atoms with Crippen LogP contribution in [0.3, 0.4) is 0 Å². The molecule has 7 heteroatoms. The molecule has 3 N–H and O–H groups in total. The molecular formula is C27H42N2O5. The molecule has 3 fully saturated rings. The standard InChI is InChI=1S/C27H42N2O5/c1-5-16(2)24(25(32)33)28-23(31)15-34-29-18-10-12-26(3)17(14-18)6-7-19-20-8-9-22(30)27(20,4)13-11-21(19)26/h14,16,19-22,24,30H,5-13,15H2,1-4H3,(H,28,31)(H,32,33)/b29-18-/t16-,19+,20+,21+,22+,24+,26+,27+/m1/s1. The van der Waals surface area contributed by atoms with Crippen LogP contribution in [0.1, 0.15) is 85.5 Å². The predicted molar refractivity (Wildman–Crippen MR) is 130 cm³/mol. The lowest BCUT2D eigenvalue weighted by Gasteiger charge is -2.57. The Morgan fingerprint density at radius 2 is 1.94 bits per heavy atom. The van der Waals surface area contributed by atoms with E-state index in [1.165, 1.54) is 18.4 Å². The fourth-order valence-electron chi connectivity index (χ4n) is 7.69. The Kier molecular flexibility index (Phi) is 7.14. The number of aliphatic carboxylic acids is 1. The van der Waals surface area contributed by atoms with E-state index >= 15 is 0 Å². The maximum Gasteiger partial charge on any atom is 0.326 e. The maximum atomic E-state index is 12.2. The van der Waals surface area contributed by atoms with E-state index < -0.39 is 17.9 Å². The number of oxime groups is 1. The second-order valence-electron chi connectivity index (χ2n) is 11.8. The van der Waals surface area contributed by atoms with E-state index in [0.717, 1.165) is 44.2 Å². The lowest BCUT2D eigenvalue weighted by Crippen LogP contribution is -2.51. The first-order valence-electron chi connectivity index (χ1n) is 13.2. The Balaban J connectivity index is 1.38. The van der Waals surface area contributed by atoms with Gasteiger partial charge in [0.2, 0.25) is 0 Å². The highest BCUT2D eigenvalue weighted by atomic mass is 16.6. The summed E-state index contributed by atoms with van der Waals surface area (Å²) in [7, 11) is 0. The minimum Gasteiger partial charge on any atom is -0.480 e. The van der Waals surface area contributed by atoms with Crippen LogP contribution in [0, 0.1) is 34.5 Å². The molecule has 0 saturated heterocycles. The molecule has 3 saturated carbocycles. The lowest BCUT2D eigenvalue weighted by molar-refractivity contribution is -0.144. The molecule has 8 atom stereocenters. The molecule has 4 aliphatic carbocycles. The summed E-state index contributed by atoms with van der Waals surface area (Å²) in [5.41, 5.74) is 2.60. The number of aliphatic hydroxyl groups is 1. The smallest absolute Gasteiger partial charge is 0.326 e. The summed E-state index contributed by atoms with van der Waals surface area (Å²) in [5.74, 6) is 0.350. The summed E-state index contributed by atoms with van der Waals surface area (Å²) < 4.78 is 0. The average Bonchev–Trinajstić information content (AvgIpc) is 3.11. The van der Waals surface area contributed by atoms with Crippen LogP contribution in [0.5, 0.6) is 0 Å². The van der Waals surface area contributed by atoms with Crippen molar-refractivity contribution in [2.24, 2.45) is 39.7 Å². The number of nitrogens with zero attached hydrogens (tertiary/aromatic N) is 1. The second kappa shape index (κ2) is 9.63. The molecule has 1 amide bonds. The third-order valence-corrected chi connectivity index (χ3v) is 10.1. The van der Waals surface area contributed by atoms with E-state index in [0.29, 0.717) is 24.2 Å². The minimum absolute atomic E-state index is 0.100. The van der Waals surface area contributed by atoms with Gasteiger partial charge in [-0.2, -0.15) is 0 Å². The number of hydrogen-bond donors (Lipinski definition) is 3. The normalized spacial score (nSPS) is 39.8. The van der Waals surface area contributed by atoms with Gasteiger partial charge in [0, 0.05) is 0 Å². The monoisotopic (exact) mass is 474 g/mol. The second-order valence-corrected chi connectivity index (χ2v) is 11.8. The largest absolute Gasteiger partial charge is 0.480 e. The van der Waals surface area contributed by atoms with Gasteiger partial charge in [0.1, 0.15) is 6.04 Å². The first-order chi connectivity index (χ1) is 16.1. The van der Waals surface area contributed by atoms with E-state index in [1.54, 1.807) is 0 Å². The Hall–Kier alpha value is -1.89. The average molecular weight is 475 g/mol. The first-order valence-corrected chi connectivity index (χ1v) is 13.2. The van der Waals surface area contributed by atoms with Crippen molar-refractivity contribution in [1.29, 1.82) is 0 Å². The van der Waals surface area contributed by atoms with Gasteiger partial charge in [0.25, 0.3) is 5.91 Å². The molecule has 34 heavy (non-hydrogen) atoms. The Morgan fingerprint density at radius 3 is 2.65 bits per heavy atom. The molecule has 4 rings (SSSR count). The number of carboxylic acid groups (broad SMARTS) is 1. The highest BCUT2D eigenvalue weighted by Gasteiger charge is 2.58. The number of carboxylic acids is 1. The van der Waals surface area contributed by atoms with Crippen LogP contribution < -0.4 is 5.32 Å². The fraction of sp³-hybridized carbons (Fsp3) is 0.815. The molecule has 0 unspecified atom stereocenters. The SMILES string of the molecule is CC[C@@H](C)[C@H](NC(=O)CO/N=C1\C=C2CC[C@H]3[C@@H]4CC[C@H](O)[C@@]4(C)CC[C@@H]3[C@@]2(C)CC1)C(=O)O. The number of carbonyl (C=O) groups excluding carboxylic acids is 1. The Morgan fingerprint density at radius 1 is 1.18 bits per heavy atom. The van der Waals surface area contributed by atoms with Gasteiger partial charge in [-0.15, -0.1) is 0 Å². The van der Waals surface area contributed by atoms with Crippen molar-refractivity contribution >= 4 is 17.6 Å². The van der Waals surface area contributed by atoms with Gasteiger partial charge < -0.3 is 20.4 Å². The molecule has 0 heterocycles. The molecule has 0 aromatic carbocycles. The van der Waals surface area contributed by atoms with Crippen LogP contribution in [0.4, 0.5) is 0 Å². The number of rotatable bonds is 7. The number of allylic oxidation sites excluding steroid dienone is 2. The Bertz CT molecular complexity index is 869. The van der Waals surface area contributed by atoms with Crippen molar-refractivity contribution < 1.29 is 24.6 Å². The van der Waals surface area contributed by atoms with Gasteiger partial charge in [-0.3, -0.25) is 4.79 Å². The zero-order valence-electron chi connectivity index (χ0n) is 21.2. The number of hydrogen-bond acceptors (Lipinski definition) is 5. The van der Waals surface area contributed by atoms with Crippen LogP contribution in [-0.4, -0.2) is 46.6 Å². The highest BCUT2D eigenvalue weighted by Crippen LogP contribution is 2.65. The summed E-state index contributed by atoms with van der Waals surface area (Å²) in [6, 6.07) is -0.917. The van der Waals surface area contributed by atoms with Crippen molar-refractivity contribution in [3.05, 3.63) is 11.6 Å². The quantitative estimate of drug-likeness (QED) is 0.477. The number of amides is 1. The third-order valence-electron chi connectivity index (χ3n) is 10.1. The van der Waals surface area contributed by atoms with Gasteiger partial charge in [0.05, 0.1) is 11.8 Å². The number of aliphatic hydroxyl groups excluding tert-OH is 1. The molecule has 0 radical (unpaired) electrons. The van der Waals surface area contributed by atoms with E-state index in [2.05, 4.69) is 30.4 Å². The van der Waals surface area contributed by atoms with Crippen molar-refractivity contribution in [1.82, 2.24) is 5.32 Å². The fourth-order valence-corrected chi connectivity index (χ4v) is 7.69. The summed E-state index contributed by atoms with van der Waals surface area (Å²) in [4.78, 5) is 28.9. The molecule has 190 valence electrons. The number of nitrogens with one attached hydrogen (secondary N) is 1. The van der Waals surface area contributed by atoms with Crippen LogP contribution >= 0.6 is 0 Å². The summed E-state index contributed by atoms with van der Waals surface area (Å²) in [6.45, 7) is 8.17. The van der Waals surface area contributed by atoms with Crippen LogP contribution in [-0.2, 0) is 14.4 Å². The molecule has 0 aromatic rings. The van der Waals surface area contributed by atoms with E-state index in [-0.39, 0.29) is 29.5 Å². The third kappa shape index (κ3) is 4.40. The van der Waals surface area contributed by atoms with Crippen LogP contribution in [0.25, 0.3) is 0 Å². The predicted octanol–water partition coefficient (Wildman–Crippen LogP) is 4.30. The summed E-state index contributed by atoms with van der Waals surface area (Å²) in [5, 5.41) is 26.8. The first kappa shape index (κ1) is 25.2. The van der Waals surface area contributed by atoms with Gasteiger partial charge >= 0.3 is 5.97 Å². The topological polar surface area (TPSA) is 108 Å². The van der Waals surface area contributed by atoms with Crippen molar-refractivity contribution in [3.63, 3.8) is 0 Å². The zero-order valence-corrected chi connectivity index (χ0v) is 21.2. The number of fused-ring (bicyclic) bond motifs is 5. The zero-order chi connectivity index (χ0) is 24.7. The molecule has 0 aliphatic heterocycles. The van der Waals surface area contributed by atoms with Gasteiger partial charge in [-0.1, -0.05) is 44.8 Å². The van der Waals surface area contributed by atoms with E-state index in [4.69, 9.17) is 4.84 Å². The molecule has 0 bridgehead atoms. The van der Waals surface area contributed by atoms with Crippen LogP contribution in [0.15, 0.2) is 16.8 Å². The van der Waals surface area contributed by atoms with Gasteiger partial charge in [-0.25, -0.2) is 4.79 Å². The van der Waals surface area contributed by atoms with Gasteiger partial charge in [0.15, 0.2) is 6.61 Å². The highest BCUT2D eigenvalue weighted by molar-refractivity contribution is 5.96. The maximum absolute atomic E-state index is 12.2.